The average molecular weight is 569 g/mol. The van der Waals surface area contributed by atoms with Gasteiger partial charge in [0.15, 0.2) is 0 Å². The lowest BCUT2D eigenvalue weighted by Gasteiger charge is -2.35. The number of carbonyl (C=O) groups is 4. The van der Waals surface area contributed by atoms with Gasteiger partial charge in [-0.2, -0.15) is 0 Å². The molecule has 2 unspecified atom stereocenters. The molecule has 10 nitrogen and oxygen atoms in total. The molecule has 0 aromatic heterocycles. The van der Waals surface area contributed by atoms with E-state index in [9.17, 15) is 24.3 Å². The molecule has 2 atom stereocenters. The lowest BCUT2D eigenvalue weighted by atomic mass is 9.98. The fraction of sp³-hybridized carbons (Fsp3) is 0.484. The van der Waals surface area contributed by atoms with Crippen molar-refractivity contribution >= 4 is 29.5 Å². The predicted octanol–water partition coefficient (Wildman–Crippen LogP) is 4.87. The SMILES string of the molecule is CCCCCN(C(=O)C(CCC(N)=O)NC(=O)OC(C)(C)C)C(C(=O)Nc1ccccc1C)c1ccc(O)c(C)c1. The van der Waals surface area contributed by atoms with Gasteiger partial charge in [0.05, 0.1) is 0 Å². The zero-order valence-electron chi connectivity index (χ0n) is 25.0. The van der Waals surface area contributed by atoms with E-state index in [0.29, 0.717) is 23.2 Å². The van der Waals surface area contributed by atoms with Gasteiger partial charge in [-0.3, -0.25) is 14.4 Å². The zero-order chi connectivity index (χ0) is 30.7. The second-order valence-corrected chi connectivity index (χ2v) is 11.2. The van der Waals surface area contributed by atoms with Crippen molar-refractivity contribution < 1.29 is 29.0 Å². The van der Waals surface area contributed by atoms with Crippen LogP contribution in [0, 0.1) is 13.8 Å². The van der Waals surface area contributed by atoms with Crippen LogP contribution in [-0.2, 0) is 19.1 Å². The fourth-order valence-electron chi connectivity index (χ4n) is 4.33. The van der Waals surface area contributed by atoms with Crippen LogP contribution in [0.1, 0.15) is 82.5 Å². The molecule has 0 aliphatic heterocycles. The van der Waals surface area contributed by atoms with Crippen LogP contribution in [0.5, 0.6) is 5.75 Å². The summed E-state index contributed by atoms with van der Waals surface area (Å²) in [4.78, 5) is 54.0. The van der Waals surface area contributed by atoms with Crippen molar-refractivity contribution in [2.24, 2.45) is 5.73 Å². The first kappa shape index (κ1) is 33.1. The number of primary amides is 1. The molecule has 0 fully saturated rings. The molecule has 224 valence electrons. The fourth-order valence-corrected chi connectivity index (χ4v) is 4.33. The van der Waals surface area contributed by atoms with Gasteiger partial charge in [0.25, 0.3) is 5.91 Å². The number of para-hydroxylation sites is 1. The number of amides is 4. The Kier molecular flexibility index (Phi) is 12.2. The van der Waals surface area contributed by atoms with Crippen LogP contribution in [0.3, 0.4) is 0 Å². The van der Waals surface area contributed by atoms with Gasteiger partial charge in [-0.25, -0.2) is 4.79 Å². The number of alkyl carbamates (subject to hydrolysis) is 1. The Bertz CT molecular complexity index is 1220. The minimum atomic E-state index is -1.18. The number of hydrogen-bond donors (Lipinski definition) is 4. The lowest BCUT2D eigenvalue weighted by Crippen LogP contribution is -2.52. The van der Waals surface area contributed by atoms with Crippen molar-refractivity contribution in [3.8, 4) is 5.75 Å². The molecule has 0 saturated carbocycles. The number of anilines is 1. The van der Waals surface area contributed by atoms with E-state index in [1.165, 1.54) is 11.0 Å². The first-order chi connectivity index (χ1) is 19.2. The van der Waals surface area contributed by atoms with Crippen LogP contribution in [0.15, 0.2) is 42.5 Å². The number of phenolic OH excluding ortho intramolecular Hbond substituents is 1. The standard InChI is InChI=1S/C31H44N4O6/c1-7-8-11-18-35(29(39)24(15-17-26(32)37)34-30(40)41-31(4,5)6)27(22-14-16-25(36)21(3)19-22)28(38)33-23-13-10-9-12-20(23)2/h9-10,12-14,16,19,24,27,36H,7-8,11,15,17-18H2,1-6H3,(H2,32,37)(H,33,38)(H,34,40). The number of phenols is 1. The zero-order valence-corrected chi connectivity index (χ0v) is 25.0. The molecule has 0 heterocycles. The van der Waals surface area contributed by atoms with Crippen LogP contribution >= 0.6 is 0 Å². The Morgan fingerprint density at radius 1 is 1.02 bits per heavy atom. The van der Waals surface area contributed by atoms with Crippen LogP contribution in [-0.4, -0.2) is 52.0 Å². The summed E-state index contributed by atoms with van der Waals surface area (Å²) < 4.78 is 5.37. The molecule has 2 aromatic carbocycles. The minimum Gasteiger partial charge on any atom is -0.508 e. The number of nitrogens with two attached hydrogens (primary N) is 1. The molecule has 2 rings (SSSR count). The van der Waals surface area contributed by atoms with Crippen molar-refractivity contribution in [3.63, 3.8) is 0 Å². The van der Waals surface area contributed by atoms with Crippen molar-refractivity contribution in [1.82, 2.24) is 10.2 Å². The molecule has 0 aliphatic rings. The molecule has 5 N–H and O–H groups in total. The van der Waals surface area contributed by atoms with Crippen LogP contribution < -0.4 is 16.4 Å². The summed E-state index contributed by atoms with van der Waals surface area (Å²) in [7, 11) is 0. The second kappa shape index (κ2) is 15.1. The quantitative estimate of drug-likeness (QED) is 0.253. The third-order valence-electron chi connectivity index (χ3n) is 6.45. The number of ether oxygens (including phenoxy) is 1. The Hall–Kier alpha value is -4.08. The second-order valence-electron chi connectivity index (χ2n) is 11.2. The predicted molar refractivity (Wildman–Crippen MR) is 158 cm³/mol. The van der Waals surface area contributed by atoms with Gasteiger partial charge in [-0.1, -0.05) is 44.0 Å². The maximum atomic E-state index is 14.2. The van der Waals surface area contributed by atoms with Crippen molar-refractivity contribution in [1.29, 1.82) is 0 Å². The van der Waals surface area contributed by atoms with Crippen LogP contribution in [0.4, 0.5) is 10.5 Å². The highest BCUT2D eigenvalue weighted by molar-refractivity contribution is 5.99. The van der Waals surface area contributed by atoms with E-state index < -0.39 is 41.5 Å². The molecule has 0 bridgehead atoms. The number of unbranched alkanes of at least 4 members (excludes halogenated alkanes) is 2. The summed E-state index contributed by atoms with van der Waals surface area (Å²) in [5, 5.41) is 15.7. The normalized spacial score (nSPS) is 12.6. The number of nitrogens with zero attached hydrogens (tertiary/aromatic N) is 1. The number of aromatic hydroxyl groups is 1. The maximum absolute atomic E-state index is 14.2. The molecule has 0 radical (unpaired) electrons. The van der Waals surface area contributed by atoms with Gasteiger partial charge >= 0.3 is 6.09 Å². The highest BCUT2D eigenvalue weighted by atomic mass is 16.6. The minimum absolute atomic E-state index is 0.0570. The van der Waals surface area contributed by atoms with Gasteiger partial charge in [0.1, 0.15) is 23.4 Å². The highest BCUT2D eigenvalue weighted by Gasteiger charge is 2.36. The Morgan fingerprint density at radius 3 is 2.29 bits per heavy atom. The topological polar surface area (TPSA) is 151 Å². The van der Waals surface area contributed by atoms with Gasteiger partial charge in [-0.15, -0.1) is 0 Å². The number of nitrogens with one attached hydrogen (secondary N) is 2. The molecule has 0 aliphatic carbocycles. The highest BCUT2D eigenvalue weighted by Crippen LogP contribution is 2.29. The summed E-state index contributed by atoms with van der Waals surface area (Å²) in [6, 6.07) is 9.77. The smallest absolute Gasteiger partial charge is 0.408 e. The van der Waals surface area contributed by atoms with E-state index in [4.69, 9.17) is 10.5 Å². The molecule has 10 heteroatoms. The first-order valence-electron chi connectivity index (χ1n) is 14.0. The number of benzene rings is 2. The summed E-state index contributed by atoms with van der Waals surface area (Å²) in [5.74, 6) is -1.58. The van der Waals surface area contributed by atoms with E-state index >= 15 is 0 Å². The van der Waals surface area contributed by atoms with Crippen molar-refractivity contribution in [2.45, 2.75) is 91.3 Å². The molecule has 0 saturated heterocycles. The largest absolute Gasteiger partial charge is 0.508 e. The summed E-state index contributed by atoms with van der Waals surface area (Å²) >= 11 is 0. The summed E-state index contributed by atoms with van der Waals surface area (Å²) in [6.45, 7) is 10.9. The van der Waals surface area contributed by atoms with Gasteiger partial charge in [-0.05, 0) is 82.3 Å². The van der Waals surface area contributed by atoms with E-state index in [-0.39, 0.29) is 25.1 Å². The Labute approximate surface area is 242 Å². The van der Waals surface area contributed by atoms with Crippen molar-refractivity contribution in [3.05, 3.63) is 59.2 Å². The van der Waals surface area contributed by atoms with Crippen molar-refractivity contribution in [2.75, 3.05) is 11.9 Å². The van der Waals surface area contributed by atoms with E-state index in [2.05, 4.69) is 10.6 Å². The summed E-state index contributed by atoms with van der Waals surface area (Å²) in [6.07, 6.45) is 1.22. The van der Waals surface area contributed by atoms with E-state index in [1.54, 1.807) is 52.0 Å². The van der Waals surface area contributed by atoms with Gasteiger partial charge in [0, 0.05) is 18.7 Å². The van der Waals surface area contributed by atoms with Crippen LogP contribution in [0.2, 0.25) is 0 Å². The average Bonchev–Trinajstić information content (AvgIpc) is 2.87. The molecule has 0 spiro atoms. The van der Waals surface area contributed by atoms with E-state index in [0.717, 1.165) is 18.4 Å². The number of aryl methyl sites for hydroxylation is 2. The third-order valence-corrected chi connectivity index (χ3v) is 6.45. The lowest BCUT2D eigenvalue weighted by molar-refractivity contribution is -0.141. The Morgan fingerprint density at radius 2 is 1.71 bits per heavy atom. The molecular weight excluding hydrogens is 524 g/mol. The molecule has 41 heavy (non-hydrogen) atoms. The first-order valence-corrected chi connectivity index (χ1v) is 14.0. The van der Waals surface area contributed by atoms with Crippen LogP contribution in [0.25, 0.3) is 0 Å². The number of carbonyl (C=O) groups excluding carboxylic acids is 4. The van der Waals surface area contributed by atoms with Gasteiger partial charge in [0.2, 0.25) is 11.8 Å². The number of hydrogen-bond acceptors (Lipinski definition) is 6. The van der Waals surface area contributed by atoms with Gasteiger partial charge < -0.3 is 31.1 Å². The maximum Gasteiger partial charge on any atom is 0.408 e. The molecule has 4 amide bonds. The monoisotopic (exact) mass is 568 g/mol. The van der Waals surface area contributed by atoms with E-state index in [1.807, 2.05) is 26.0 Å². The number of rotatable bonds is 13. The Balaban J connectivity index is 2.59. The molecular formula is C31H44N4O6. The summed E-state index contributed by atoms with van der Waals surface area (Å²) in [5.41, 5.74) is 7.03. The third kappa shape index (κ3) is 10.4. The molecule has 2 aromatic rings.